The van der Waals surface area contributed by atoms with E-state index in [0.29, 0.717) is 6.04 Å². The summed E-state index contributed by atoms with van der Waals surface area (Å²) in [5.41, 5.74) is 2.40. The van der Waals surface area contributed by atoms with Crippen LogP contribution in [-0.4, -0.2) is 17.6 Å². The molecule has 1 atom stereocenters. The molecule has 3 rings (SSSR count). The molecule has 2 aromatic rings. The molecule has 0 aliphatic carbocycles. The van der Waals surface area contributed by atoms with E-state index < -0.39 is 0 Å². The van der Waals surface area contributed by atoms with E-state index in [1.54, 1.807) is 0 Å². The van der Waals surface area contributed by atoms with Gasteiger partial charge in [0.25, 0.3) is 0 Å². The van der Waals surface area contributed by atoms with Crippen molar-refractivity contribution in [2.45, 2.75) is 44.0 Å². The zero-order valence-electron chi connectivity index (χ0n) is 12.0. The number of anilines is 1. The van der Waals surface area contributed by atoms with Crippen LogP contribution in [0.4, 0.5) is 5.82 Å². The van der Waals surface area contributed by atoms with Crippen LogP contribution in [-0.2, 0) is 5.33 Å². The fourth-order valence-electron chi connectivity index (χ4n) is 3.09. The van der Waals surface area contributed by atoms with Crippen LogP contribution < -0.4 is 4.90 Å². The number of halogens is 1. The van der Waals surface area contributed by atoms with Crippen molar-refractivity contribution in [3.63, 3.8) is 0 Å². The second-order valence-corrected chi connectivity index (χ2v) is 6.25. The summed E-state index contributed by atoms with van der Waals surface area (Å²) in [6, 6.07) is 11.3. The average molecular weight is 333 g/mol. The molecule has 0 bridgehead atoms. The fraction of sp³-hybridized carbons (Fsp3) is 0.471. The highest BCUT2D eigenvalue weighted by Crippen LogP contribution is 2.29. The smallest absolute Gasteiger partial charge is 0.133 e. The molecule has 20 heavy (non-hydrogen) atoms. The van der Waals surface area contributed by atoms with Crippen molar-refractivity contribution in [2.75, 3.05) is 11.4 Å². The minimum Gasteiger partial charge on any atom is -0.354 e. The van der Waals surface area contributed by atoms with E-state index in [4.69, 9.17) is 4.98 Å². The summed E-state index contributed by atoms with van der Waals surface area (Å²) < 4.78 is 0. The highest BCUT2D eigenvalue weighted by atomic mass is 79.9. The van der Waals surface area contributed by atoms with Gasteiger partial charge in [-0.25, -0.2) is 4.98 Å². The van der Waals surface area contributed by atoms with E-state index in [2.05, 4.69) is 58.1 Å². The third-order valence-electron chi connectivity index (χ3n) is 4.25. The molecule has 1 aliphatic heterocycles. The Morgan fingerprint density at radius 1 is 1.25 bits per heavy atom. The number of rotatable bonds is 2. The minimum absolute atomic E-state index is 0.587. The lowest BCUT2D eigenvalue weighted by atomic mass is 10.1. The maximum absolute atomic E-state index is 4.96. The molecule has 1 saturated heterocycles. The first kappa shape index (κ1) is 13.9. The largest absolute Gasteiger partial charge is 0.354 e. The van der Waals surface area contributed by atoms with Gasteiger partial charge in [0.2, 0.25) is 0 Å². The lowest BCUT2D eigenvalue weighted by Gasteiger charge is -2.30. The molecule has 0 radical (unpaired) electrons. The number of aromatic nitrogens is 1. The Morgan fingerprint density at radius 3 is 2.95 bits per heavy atom. The Kier molecular flexibility index (Phi) is 4.25. The summed E-state index contributed by atoms with van der Waals surface area (Å²) in [6.45, 7) is 3.46. The Labute approximate surface area is 129 Å². The topological polar surface area (TPSA) is 16.1 Å². The standard InChI is InChI=1S/C17H21BrN2/c1-13-7-3-2-6-10-20(13)17-15(12-18)11-14-8-4-5-9-16(14)19-17/h4-5,8-9,11,13H,2-3,6-7,10,12H2,1H3. The van der Waals surface area contributed by atoms with Gasteiger partial charge in [0.05, 0.1) is 5.52 Å². The average Bonchev–Trinajstić information content (AvgIpc) is 2.70. The number of alkyl halides is 1. The number of fused-ring (bicyclic) bond motifs is 1. The Balaban J connectivity index is 2.08. The lowest BCUT2D eigenvalue weighted by Crippen LogP contribution is -2.33. The molecule has 0 spiro atoms. The number of pyridine rings is 1. The summed E-state index contributed by atoms with van der Waals surface area (Å²) in [6.07, 6.45) is 5.24. The van der Waals surface area contributed by atoms with Gasteiger partial charge in [0, 0.05) is 28.9 Å². The summed E-state index contributed by atoms with van der Waals surface area (Å²) in [5.74, 6) is 1.18. The molecule has 0 saturated carbocycles. The van der Waals surface area contributed by atoms with Crippen molar-refractivity contribution < 1.29 is 0 Å². The molecule has 1 aliphatic rings. The van der Waals surface area contributed by atoms with Gasteiger partial charge in [0.15, 0.2) is 0 Å². The van der Waals surface area contributed by atoms with Crippen molar-refractivity contribution in [1.29, 1.82) is 0 Å². The molecule has 2 heterocycles. The summed E-state index contributed by atoms with van der Waals surface area (Å²) in [5, 5.41) is 2.09. The summed E-state index contributed by atoms with van der Waals surface area (Å²) in [4.78, 5) is 7.47. The van der Waals surface area contributed by atoms with Crippen LogP contribution in [0.1, 0.15) is 38.2 Å². The van der Waals surface area contributed by atoms with Crippen LogP contribution >= 0.6 is 15.9 Å². The normalized spacial score (nSPS) is 20.1. The zero-order valence-corrected chi connectivity index (χ0v) is 13.6. The number of para-hydroxylation sites is 1. The van der Waals surface area contributed by atoms with Crippen molar-refractivity contribution in [2.24, 2.45) is 0 Å². The molecule has 2 nitrogen and oxygen atoms in total. The van der Waals surface area contributed by atoms with E-state index in [-0.39, 0.29) is 0 Å². The molecular formula is C17H21BrN2. The highest BCUT2D eigenvalue weighted by molar-refractivity contribution is 9.08. The van der Waals surface area contributed by atoms with Gasteiger partial charge in [0.1, 0.15) is 5.82 Å². The van der Waals surface area contributed by atoms with Crippen LogP contribution in [0.2, 0.25) is 0 Å². The number of hydrogen-bond acceptors (Lipinski definition) is 2. The predicted octanol–water partition coefficient (Wildman–Crippen LogP) is 4.90. The second kappa shape index (κ2) is 6.13. The monoisotopic (exact) mass is 332 g/mol. The van der Waals surface area contributed by atoms with Gasteiger partial charge in [-0.05, 0) is 31.9 Å². The Bertz CT molecular complexity index is 597. The molecule has 1 aromatic carbocycles. The van der Waals surface area contributed by atoms with Crippen LogP contribution in [0.5, 0.6) is 0 Å². The molecule has 3 heteroatoms. The molecule has 0 amide bonds. The third-order valence-corrected chi connectivity index (χ3v) is 4.85. The van der Waals surface area contributed by atoms with E-state index in [1.165, 1.54) is 42.5 Å². The fourth-order valence-corrected chi connectivity index (χ4v) is 3.50. The molecule has 1 aromatic heterocycles. The van der Waals surface area contributed by atoms with Crippen molar-refractivity contribution in [3.05, 3.63) is 35.9 Å². The molecule has 0 N–H and O–H groups in total. The van der Waals surface area contributed by atoms with Gasteiger partial charge in [-0.1, -0.05) is 47.0 Å². The molecular weight excluding hydrogens is 312 g/mol. The first-order valence-corrected chi connectivity index (χ1v) is 8.63. The van der Waals surface area contributed by atoms with Crippen LogP contribution in [0, 0.1) is 0 Å². The van der Waals surface area contributed by atoms with Gasteiger partial charge in [-0.2, -0.15) is 0 Å². The van der Waals surface area contributed by atoms with Crippen LogP contribution in [0.25, 0.3) is 10.9 Å². The number of hydrogen-bond donors (Lipinski definition) is 0. The number of nitrogens with zero attached hydrogens (tertiary/aromatic N) is 2. The summed E-state index contributed by atoms with van der Waals surface area (Å²) in [7, 11) is 0. The first-order chi connectivity index (χ1) is 9.79. The van der Waals surface area contributed by atoms with Gasteiger partial charge in [-0.3, -0.25) is 0 Å². The van der Waals surface area contributed by atoms with Crippen LogP contribution in [0.15, 0.2) is 30.3 Å². The van der Waals surface area contributed by atoms with E-state index in [9.17, 15) is 0 Å². The molecule has 106 valence electrons. The van der Waals surface area contributed by atoms with Gasteiger partial charge < -0.3 is 4.90 Å². The number of benzene rings is 1. The van der Waals surface area contributed by atoms with Gasteiger partial charge in [-0.15, -0.1) is 0 Å². The quantitative estimate of drug-likeness (QED) is 0.727. The molecule has 1 unspecified atom stereocenters. The predicted molar refractivity (Wildman–Crippen MR) is 89.7 cm³/mol. The second-order valence-electron chi connectivity index (χ2n) is 5.69. The van der Waals surface area contributed by atoms with E-state index in [0.717, 1.165) is 17.4 Å². The zero-order chi connectivity index (χ0) is 13.9. The maximum atomic E-state index is 4.96. The molecule has 1 fully saturated rings. The SMILES string of the molecule is CC1CCCCCN1c1nc2ccccc2cc1CBr. The maximum Gasteiger partial charge on any atom is 0.133 e. The van der Waals surface area contributed by atoms with Crippen molar-refractivity contribution in [1.82, 2.24) is 4.98 Å². The van der Waals surface area contributed by atoms with Crippen LogP contribution in [0.3, 0.4) is 0 Å². The van der Waals surface area contributed by atoms with Crippen molar-refractivity contribution >= 4 is 32.7 Å². The first-order valence-electron chi connectivity index (χ1n) is 7.51. The lowest BCUT2D eigenvalue weighted by molar-refractivity contribution is 0.610. The third kappa shape index (κ3) is 2.69. The summed E-state index contributed by atoms with van der Waals surface area (Å²) >= 11 is 3.63. The minimum atomic E-state index is 0.587. The Hall–Kier alpha value is -1.09. The highest BCUT2D eigenvalue weighted by Gasteiger charge is 2.21. The van der Waals surface area contributed by atoms with E-state index in [1.807, 2.05) is 0 Å². The van der Waals surface area contributed by atoms with Gasteiger partial charge >= 0.3 is 0 Å². The van der Waals surface area contributed by atoms with E-state index >= 15 is 0 Å². The Morgan fingerprint density at radius 2 is 2.10 bits per heavy atom. The van der Waals surface area contributed by atoms with Crippen molar-refractivity contribution in [3.8, 4) is 0 Å².